The van der Waals surface area contributed by atoms with E-state index in [4.69, 9.17) is 5.73 Å². The van der Waals surface area contributed by atoms with Crippen molar-refractivity contribution in [3.8, 4) is 0 Å². The van der Waals surface area contributed by atoms with Crippen LogP contribution in [-0.4, -0.2) is 24.8 Å². The molecule has 0 spiro atoms. The first kappa shape index (κ1) is 8.74. The molecule has 0 radical (unpaired) electrons. The molecular formula is C8H12N6. The maximum absolute atomic E-state index is 5.43. The lowest BCUT2D eigenvalue weighted by molar-refractivity contribution is 0.459. The molecular weight excluding hydrogens is 180 g/mol. The molecule has 2 aromatic heterocycles. The van der Waals surface area contributed by atoms with Crippen molar-refractivity contribution in [2.75, 3.05) is 5.73 Å². The third-order valence-corrected chi connectivity index (χ3v) is 1.85. The van der Waals surface area contributed by atoms with E-state index in [-0.39, 0.29) is 0 Å². The molecule has 2 heterocycles. The van der Waals surface area contributed by atoms with E-state index in [0.29, 0.717) is 12.4 Å². The lowest BCUT2D eigenvalue weighted by Gasteiger charge is -1.99. The summed E-state index contributed by atoms with van der Waals surface area (Å²) >= 11 is 0. The van der Waals surface area contributed by atoms with Crippen LogP contribution in [0.25, 0.3) is 0 Å². The number of nitrogen functional groups attached to an aromatic ring is 1. The summed E-state index contributed by atoms with van der Waals surface area (Å²) in [5, 5.41) is 12.1. The fraction of sp³-hybridized carbons (Fsp3) is 0.375. The predicted molar refractivity (Wildman–Crippen MR) is 51.4 cm³/mol. The van der Waals surface area contributed by atoms with E-state index in [2.05, 4.69) is 15.3 Å². The molecule has 6 nitrogen and oxygen atoms in total. The molecule has 0 amide bonds. The first-order valence-corrected chi connectivity index (χ1v) is 4.39. The van der Waals surface area contributed by atoms with Gasteiger partial charge in [0.2, 0.25) is 0 Å². The highest BCUT2D eigenvalue weighted by atomic mass is 15.5. The number of hydrogen-bond donors (Lipinski definition) is 1. The van der Waals surface area contributed by atoms with E-state index in [1.165, 1.54) is 6.20 Å². The molecule has 0 bridgehead atoms. The number of anilines is 1. The third kappa shape index (κ3) is 1.90. The van der Waals surface area contributed by atoms with Crippen LogP contribution in [0.3, 0.4) is 0 Å². The van der Waals surface area contributed by atoms with Crippen LogP contribution < -0.4 is 5.73 Å². The average molecular weight is 192 g/mol. The second-order valence-corrected chi connectivity index (χ2v) is 3.15. The van der Waals surface area contributed by atoms with Crippen molar-refractivity contribution in [3.63, 3.8) is 0 Å². The second kappa shape index (κ2) is 3.49. The van der Waals surface area contributed by atoms with Crippen LogP contribution in [0, 0.1) is 6.92 Å². The topological polar surface area (TPSA) is 74.5 Å². The minimum Gasteiger partial charge on any atom is -0.381 e. The fourth-order valence-corrected chi connectivity index (χ4v) is 1.20. The van der Waals surface area contributed by atoms with Gasteiger partial charge < -0.3 is 5.73 Å². The summed E-state index contributed by atoms with van der Waals surface area (Å²) in [6, 6.07) is 0. The summed E-state index contributed by atoms with van der Waals surface area (Å²) in [5.41, 5.74) is 6.59. The largest absolute Gasteiger partial charge is 0.381 e. The smallest absolute Gasteiger partial charge is 0.165 e. The Hall–Kier alpha value is -1.85. The van der Waals surface area contributed by atoms with Crippen LogP contribution in [0.15, 0.2) is 18.6 Å². The van der Waals surface area contributed by atoms with E-state index in [1.54, 1.807) is 4.80 Å². The van der Waals surface area contributed by atoms with Gasteiger partial charge in [-0.05, 0) is 12.5 Å². The molecule has 2 rings (SSSR count). The van der Waals surface area contributed by atoms with Crippen molar-refractivity contribution >= 4 is 5.82 Å². The molecule has 0 aliphatic rings. The number of nitrogens with two attached hydrogens (primary N) is 1. The van der Waals surface area contributed by atoms with E-state index in [0.717, 1.165) is 12.1 Å². The monoisotopic (exact) mass is 192 g/mol. The van der Waals surface area contributed by atoms with Gasteiger partial charge in [0.1, 0.15) is 0 Å². The highest BCUT2D eigenvalue weighted by Gasteiger charge is 1.97. The van der Waals surface area contributed by atoms with Gasteiger partial charge in [-0.1, -0.05) is 0 Å². The number of hydrogen-bond acceptors (Lipinski definition) is 4. The number of aryl methyl sites for hydroxylation is 3. The minimum absolute atomic E-state index is 0.446. The molecule has 0 aromatic carbocycles. The van der Waals surface area contributed by atoms with Gasteiger partial charge in [0, 0.05) is 6.20 Å². The summed E-state index contributed by atoms with van der Waals surface area (Å²) in [4.78, 5) is 1.56. The van der Waals surface area contributed by atoms with E-state index < -0.39 is 0 Å². The predicted octanol–water partition coefficient (Wildman–Crippen LogP) is 0.0654. The van der Waals surface area contributed by atoms with Crippen molar-refractivity contribution in [1.29, 1.82) is 0 Å². The van der Waals surface area contributed by atoms with Crippen molar-refractivity contribution in [1.82, 2.24) is 24.8 Å². The Morgan fingerprint density at radius 1 is 1.29 bits per heavy atom. The van der Waals surface area contributed by atoms with Gasteiger partial charge in [0.05, 0.1) is 25.5 Å². The van der Waals surface area contributed by atoms with E-state index in [9.17, 15) is 0 Å². The first-order chi connectivity index (χ1) is 6.74. The molecule has 0 saturated carbocycles. The highest BCUT2D eigenvalue weighted by Crippen LogP contribution is 1.96. The quantitative estimate of drug-likeness (QED) is 0.746. The molecule has 6 heteroatoms. The zero-order valence-electron chi connectivity index (χ0n) is 7.96. The second-order valence-electron chi connectivity index (χ2n) is 3.15. The summed E-state index contributed by atoms with van der Waals surface area (Å²) in [6.45, 7) is 3.44. The van der Waals surface area contributed by atoms with Crippen LogP contribution >= 0.6 is 0 Å². The zero-order chi connectivity index (χ0) is 9.97. The lowest BCUT2D eigenvalue weighted by Crippen LogP contribution is -2.10. The zero-order valence-corrected chi connectivity index (χ0v) is 7.96. The molecule has 2 N–H and O–H groups in total. The van der Waals surface area contributed by atoms with E-state index in [1.807, 2.05) is 24.0 Å². The molecule has 14 heavy (non-hydrogen) atoms. The van der Waals surface area contributed by atoms with Gasteiger partial charge in [-0.3, -0.25) is 4.68 Å². The van der Waals surface area contributed by atoms with Gasteiger partial charge in [-0.15, -0.1) is 5.10 Å². The molecule has 0 saturated heterocycles. The summed E-state index contributed by atoms with van der Waals surface area (Å²) in [7, 11) is 0. The molecule has 0 aliphatic carbocycles. The standard InChI is InChI=1S/C8H12N6/c1-7-4-10-13(6-7)2-3-14-11-5-8(9)12-14/h4-6H,2-3H2,1H3,(H2,9,12). The van der Waals surface area contributed by atoms with Crippen molar-refractivity contribution in [2.45, 2.75) is 20.0 Å². The van der Waals surface area contributed by atoms with Gasteiger partial charge in [0.25, 0.3) is 0 Å². The molecule has 74 valence electrons. The van der Waals surface area contributed by atoms with Crippen LogP contribution in [0.2, 0.25) is 0 Å². The Kier molecular flexibility index (Phi) is 2.18. The number of nitrogens with zero attached hydrogens (tertiary/aromatic N) is 5. The maximum atomic E-state index is 5.43. The van der Waals surface area contributed by atoms with Gasteiger partial charge in [0.15, 0.2) is 5.82 Å². The van der Waals surface area contributed by atoms with Crippen LogP contribution in [0.4, 0.5) is 5.82 Å². The molecule has 0 fully saturated rings. The highest BCUT2D eigenvalue weighted by molar-refractivity contribution is 5.19. The Labute approximate surface area is 81.3 Å². The summed E-state index contributed by atoms with van der Waals surface area (Å²) in [5.74, 6) is 0.446. The third-order valence-electron chi connectivity index (χ3n) is 1.85. The van der Waals surface area contributed by atoms with E-state index >= 15 is 0 Å². The molecule has 0 unspecified atom stereocenters. The number of aromatic nitrogens is 5. The average Bonchev–Trinajstić information content (AvgIpc) is 2.72. The van der Waals surface area contributed by atoms with Gasteiger partial charge >= 0.3 is 0 Å². The normalized spacial score (nSPS) is 10.6. The van der Waals surface area contributed by atoms with Crippen LogP contribution in [0.1, 0.15) is 5.56 Å². The maximum Gasteiger partial charge on any atom is 0.165 e. The Balaban J connectivity index is 1.94. The van der Waals surface area contributed by atoms with Crippen molar-refractivity contribution < 1.29 is 0 Å². The molecule has 2 aromatic rings. The Morgan fingerprint density at radius 2 is 2.14 bits per heavy atom. The number of rotatable bonds is 3. The van der Waals surface area contributed by atoms with Gasteiger partial charge in [-0.25, -0.2) is 0 Å². The van der Waals surface area contributed by atoms with Crippen LogP contribution in [-0.2, 0) is 13.1 Å². The summed E-state index contributed by atoms with van der Waals surface area (Å²) in [6.07, 6.45) is 5.34. The Bertz CT molecular complexity index is 375. The molecule has 0 aliphatic heterocycles. The lowest BCUT2D eigenvalue weighted by atomic mass is 10.4. The van der Waals surface area contributed by atoms with Crippen LogP contribution in [0.5, 0.6) is 0 Å². The SMILES string of the molecule is Cc1cnn(CCn2ncc(N)n2)c1. The van der Waals surface area contributed by atoms with Crippen molar-refractivity contribution in [3.05, 3.63) is 24.2 Å². The fourth-order valence-electron chi connectivity index (χ4n) is 1.20. The van der Waals surface area contributed by atoms with Crippen molar-refractivity contribution in [2.24, 2.45) is 0 Å². The first-order valence-electron chi connectivity index (χ1n) is 4.39. The Morgan fingerprint density at radius 3 is 2.71 bits per heavy atom. The van der Waals surface area contributed by atoms with Gasteiger partial charge in [-0.2, -0.15) is 15.0 Å². The minimum atomic E-state index is 0.446. The summed E-state index contributed by atoms with van der Waals surface area (Å²) < 4.78 is 1.86. The molecule has 0 atom stereocenters.